The molecule has 0 fully saturated rings. The Kier molecular flexibility index (Phi) is 1070. The molecule has 0 heterocycles. The van der Waals surface area contributed by atoms with Crippen molar-refractivity contribution in [1.82, 2.24) is 0 Å². The van der Waals surface area contributed by atoms with Crippen LogP contribution in [0.1, 0.15) is 0 Å². The normalized spacial score (nSPS) is 3.00. The van der Waals surface area contributed by atoms with Gasteiger partial charge in [-0.15, -0.1) is 4.91 Å². The highest BCUT2D eigenvalue weighted by Crippen LogP contribution is 1.25. The molecule has 0 aliphatic carbocycles. The SMILES string of the molecule is C=O.O=C=O.O=NO. The van der Waals surface area contributed by atoms with Gasteiger partial charge in [0.05, 0.1) is 0 Å². The summed E-state index contributed by atoms with van der Waals surface area (Å²) in [4.78, 5) is 32.4. The highest BCUT2D eigenvalue weighted by molar-refractivity contribution is 5.20. The van der Waals surface area contributed by atoms with Crippen LogP contribution in [0.2, 0.25) is 0 Å². The van der Waals surface area contributed by atoms with Crippen molar-refractivity contribution in [3.63, 3.8) is 0 Å². The Morgan fingerprint density at radius 3 is 1.38 bits per heavy atom. The third kappa shape index (κ3) is 22.0. The van der Waals surface area contributed by atoms with Crippen LogP contribution < -0.4 is 0 Å². The highest BCUT2D eigenvalue weighted by Gasteiger charge is 1.18. The van der Waals surface area contributed by atoms with Gasteiger partial charge >= 0.3 is 6.15 Å². The summed E-state index contributed by atoms with van der Waals surface area (Å²) in [6, 6.07) is 0. The molecule has 0 saturated carbocycles. The molecule has 0 aromatic carbocycles. The molecule has 0 saturated heterocycles. The lowest BCUT2D eigenvalue weighted by atomic mass is 11.8. The molecule has 0 atom stereocenters. The monoisotopic (exact) mass is 121 g/mol. The van der Waals surface area contributed by atoms with Crippen LogP contribution in [0.25, 0.3) is 0 Å². The Morgan fingerprint density at radius 2 is 1.38 bits per heavy atom. The summed E-state index contributed by atoms with van der Waals surface area (Å²) in [5.74, 6) is 0. The van der Waals surface area contributed by atoms with Crippen molar-refractivity contribution in [2.24, 2.45) is 5.34 Å². The number of carbonyl (C=O) groups is 1. The van der Waals surface area contributed by atoms with Crippen molar-refractivity contribution in [2.45, 2.75) is 0 Å². The zero-order chi connectivity index (χ0) is 7.41. The van der Waals surface area contributed by atoms with E-state index in [1.165, 1.54) is 5.34 Å². The van der Waals surface area contributed by atoms with Crippen LogP contribution in [0.3, 0.4) is 0 Å². The minimum Gasteiger partial charge on any atom is -0.379 e. The Labute approximate surface area is 44.0 Å². The van der Waals surface area contributed by atoms with Crippen LogP contribution in [0.4, 0.5) is 0 Å². The van der Waals surface area contributed by atoms with Gasteiger partial charge in [0, 0.05) is 0 Å². The van der Waals surface area contributed by atoms with E-state index in [0.29, 0.717) is 0 Å². The van der Waals surface area contributed by atoms with Crippen LogP contribution in [-0.2, 0) is 14.4 Å². The lowest BCUT2D eigenvalue weighted by Crippen LogP contribution is -1.25. The maximum Gasteiger partial charge on any atom is 0.373 e. The van der Waals surface area contributed by atoms with Gasteiger partial charge in [-0.05, 0) is 0 Å². The van der Waals surface area contributed by atoms with Gasteiger partial charge in [-0.2, -0.15) is 9.59 Å². The summed E-state index contributed by atoms with van der Waals surface area (Å²) in [6.45, 7) is 2.00. The molecule has 0 aliphatic rings. The molecule has 0 amide bonds. The predicted molar refractivity (Wildman–Crippen MR) is 19.7 cm³/mol. The molecule has 0 aromatic rings. The first-order chi connectivity index (χ1) is 3.83. The fraction of sp³-hybridized carbons (Fsp3) is 0. The topological polar surface area (TPSA) is 101 Å². The van der Waals surface area contributed by atoms with Crippen LogP contribution in [0.5, 0.6) is 0 Å². The van der Waals surface area contributed by atoms with Crippen molar-refractivity contribution in [3.05, 3.63) is 4.91 Å². The van der Waals surface area contributed by atoms with Gasteiger partial charge in [-0.1, -0.05) is 0 Å². The smallest absolute Gasteiger partial charge is 0.373 e. The second kappa shape index (κ2) is 533. The van der Waals surface area contributed by atoms with E-state index in [1.54, 1.807) is 0 Å². The van der Waals surface area contributed by atoms with Crippen molar-refractivity contribution in [3.8, 4) is 0 Å². The van der Waals surface area contributed by atoms with Gasteiger partial charge in [0.15, 0.2) is 5.34 Å². The van der Waals surface area contributed by atoms with Gasteiger partial charge in [-0.25, -0.2) is 0 Å². The minimum atomic E-state index is 0.250. The van der Waals surface area contributed by atoms with Crippen LogP contribution in [0, 0.1) is 4.91 Å². The maximum absolute atomic E-state index is 8.12. The van der Waals surface area contributed by atoms with E-state index in [9.17, 15) is 0 Å². The summed E-state index contributed by atoms with van der Waals surface area (Å²) < 4.78 is 0. The summed E-state index contributed by atoms with van der Waals surface area (Å²) in [6.07, 6.45) is 0.250. The Balaban J connectivity index is -0.0000000483. The Morgan fingerprint density at radius 1 is 1.38 bits per heavy atom. The molecule has 1 N–H and O–H groups in total. The molecule has 8 heavy (non-hydrogen) atoms. The lowest BCUT2D eigenvalue weighted by molar-refractivity contribution is -0.191. The molecule has 6 nitrogen and oxygen atoms in total. The summed E-state index contributed by atoms with van der Waals surface area (Å²) in [5, 5.41) is 7.89. The van der Waals surface area contributed by atoms with Crippen molar-refractivity contribution in [2.75, 3.05) is 0 Å². The summed E-state index contributed by atoms with van der Waals surface area (Å²) in [7, 11) is 0. The number of nitrogens with zero attached hydrogens (tertiary/aromatic N) is 1. The zero-order valence-electron chi connectivity index (χ0n) is 3.73. The number of hydrogen-bond donors (Lipinski definition) is 1. The first kappa shape index (κ1) is 16.1. The van der Waals surface area contributed by atoms with Gasteiger partial charge < -0.3 is 10.0 Å². The number of carbonyl (C=O) groups excluding carboxylic acids is 3. The number of rotatable bonds is 0. The van der Waals surface area contributed by atoms with Crippen LogP contribution >= 0.6 is 0 Å². The highest BCUT2D eigenvalue weighted by atomic mass is 16.6. The lowest BCUT2D eigenvalue weighted by Gasteiger charge is -1.32. The molecular formula is C2H3NO5. The maximum atomic E-state index is 8.12. The molecular weight excluding hydrogens is 118 g/mol. The zero-order valence-corrected chi connectivity index (χ0v) is 3.73. The quantitative estimate of drug-likeness (QED) is 0.339. The van der Waals surface area contributed by atoms with Crippen LogP contribution in [0.15, 0.2) is 5.34 Å². The average Bonchev–Trinajstić information content (AvgIpc) is 1.75. The molecule has 0 bridgehead atoms. The Bertz CT molecular complexity index is 64.8. The second-order valence-corrected chi connectivity index (χ2v) is 0.165. The molecule has 6 heteroatoms. The molecule has 0 rings (SSSR count). The third-order valence-electron chi connectivity index (χ3n) is 0. The number of hydrogen-bond acceptors (Lipinski definition) is 5. The fourth-order valence-electron chi connectivity index (χ4n) is 0. The first-order valence-electron chi connectivity index (χ1n) is 1.08. The van der Waals surface area contributed by atoms with Gasteiger partial charge in [-0.3, -0.25) is 0 Å². The first-order valence-corrected chi connectivity index (χ1v) is 1.08. The molecule has 0 aromatic heterocycles. The van der Waals surface area contributed by atoms with Crippen molar-refractivity contribution in [1.29, 1.82) is 0 Å². The fourth-order valence-corrected chi connectivity index (χ4v) is 0. The van der Waals surface area contributed by atoms with Crippen molar-refractivity contribution >= 4 is 12.9 Å². The van der Waals surface area contributed by atoms with E-state index in [0.717, 1.165) is 0 Å². The molecule has 0 aliphatic heterocycles. The minimum absolute atomic E-state index is 0.250. The third-order valence-corrected chi connectivity index (χ3v) is 0. The van der Waals surface area contributed by atoms with E-state index >= 15 is 0 Å². The summed E-state index contributed by atoms with van der Waals surface area (Å²) >= 11 is 0. The molecule has 0 unspecified atom stereocenters. The van der Waals surface area contributed by atoms with Crippen LogP contribution in [-0.4, -0.2) is 18.1 Å². The standard InChI is InChI=1S/CO2.CH2O.HNO2/c2-1-3;1-2;2-1-3/h;1H2;(H,2,3). The van der Waals surface area contributed by atoms with Gasteiger partial charge in [0.2, 0.25) is 0 Å². The van der Waals surface area contributed by atoms with E-state index in [-0.39, 0.29) is 6.15 Å². The van der Waals surface area contributed by atoms with Gasteiger partial charge in [0.1, 0.15) is 6.79 Å². The second-order valence-electron chi connectivity index (χ2n) is 0.165. The van der Waals surface area contributed by atoms with Crippen molar-refractivity contribution < 1.29 is 19.6 Å². The van der Waals surface area contributed by atoms with E-state index < -0.39 is 0 Å². The predicted octanol–water partition coefficient (Wildman–Crippen LogP) is -0.626. The van der Waals surface area contributed by atoms with E-state index in [4.69, 9.17) is 24.5 Å². The average molecular weight is 121 g/mol. The Hall–Kier alpha value is -1.55. The van der Waals surface area contributed by atoms with E-state index in [2.05, 4.69) is 0 Å². The van der Waals surface area contributed by atoms with E-state index in [1.807, 2.05) is 6.79 Å². The molecule has 46 valence electrons. The van der Waals surface area contributed by atoms with Gasteiger partial charge in [0.25, 0.3) is 0 Å². The molecule has 0 spiro atoms. The molecule has 0 radical (unpaired) electrons. The summed E-state index contributed by atoms with van der Waals surface area (Å²) in [5.41, 5.74) is 0. The largest absolute Gasteiger partial charge is 0.379 e.